The monoisotopic (exact) mass is 356 g/mol. The van der Waals surface area contributed by atoms with Gasteiger partial charge >= 0.3 is 0 Å². The van der Waals surface area contributed by atoms with Crippen molar-refractivity contribution >= 4 is 31.9 Å². The van der Waals surface area contributed by atoms with Crippen LogP contribution in [0.5, 0.6) is 11.5 Å². The van der Waals surface area contributed by atoms with Crippen LogP contribution in [0.4, 0.5) is 0 Å². The molecular weight excluding hydrogens is 348 g/mol. The maximum Gasteiger partial charge on any atom is 0.141 e. The highest BCUT2D eigenvalue weighted by molar-refractivity contribution is 9.10. The van der Waals surface area contributed by atoms with E-state index in [0.717, 1.165) is 20.3 Å². The van der Waals surface area contributed by atoms with Crippen molar-refractivity contribution in [2.24, 2.45) is 0 Å². The Morgan fingerprint density at radius 3 is 2.47 bits per heavy atom. The summed E-state index contributed by atoms with van der Waals surface area (Å²) in [4.78, 5) is 0. The second-order valence-corrected chi connectivity index (χ2v) is 5.21. The molecule has 2 rings (SSSR count). The predicted octanol–water partition coefficient (Wildman–Crippen LogP) is 4.50. The molecule has 0 radical (unpaired) electrons. The quantitative estimate of drug-likeness (QED) is 0.876. The van der Waals surface area contributed by atoms with E-state index in [1.165, 1.54) is 0 Å². The van der Waals surface area contributed by atoms with Gasteiger partial charge in [0.2, 0.25) is 0 Å². The topological polar surface area (TPSA) is 29.5 Å². The first kappa shape index (κ1) is 12.6. The molecular formula is C13H10Br2O2. The van der Waals surface area contributed by atoms with Crippen LogP contribution in [0.25, 0.3) is 0 Å². The van der Waals surface area contributed by atoms with E-state index >= 15 is 0 Å². The Labute approximate surface area is 116 Å². The van der Waals surface area contributed by atoms with E-state index in [2.05, 4.69) is 31.9 Å². The lowest BCUT2D eigenvalue weighted by Crippen LogP contribution is -1.92. The van der Waals surface area contributed by atoms with Crippen molar-refractivity contribution in [3.05, 3.63) is 57.0 Å². The van der Waals surface area contributed by atoms with Gasteiger partial charge in [-0.3, -0.25) is 0 Å². The summed E-state index contributed by atoms with van der Waals surface area (Å²) in [6.07, 6.45) is 0. The molecule has 4 heteroatoms. The SMILES string of the molecule is OCc1ccc(Br)cc1Oc1ccccc1Br. The average Bonchev–Trinajstić information content (AvgIpc) is 2.32. The molecule has 0 aliphatic heterocycles. The maximum absolute atomic E-state index is 9.25. The van der Waals surface area contributed by atoms with Gasteiger partial charge in [-0.25, -0.2) is 0 Å². The Hall–Kier alpha value is -0.840. The van der Waals surface area contributed by atoms with Gasteiger partial charge < -0.3 is 9.84 Å². The van der Waals surface area contributed by atoms with Gasteiger partial charge in [0, 0.05) is 10.0 Å². The van der Waals surface area contributed by atoms with Crippen molar-refractivity contribution in [2.45, 2.75) is 6.61 Å². The minimum absolute atomic E-state index is 0.0485. The first-order valence-electron chi connectivity index (χ1n) is 5.02. The Kier molecular flexibility index (Phi) is 4.20. The molecule has 0 aromatic heterocycles. The number of para-hydroxylation sites is 1. The van der Waals surface area contributed by atoms with Crippen LogP contribution in [-0.4, -0.2) is 5.11 Å². The number of aliphatic hydroxyl groups is 1. The summed E-state index contributed by atoms with van der Waals surface area (Å²) in [5.74, 6) is 1.37. The van der Waals surface area contributed by atoms with Crippen LogP contribution in [0.2, 0.25) is 0 Å². The fourth-order valence-corrected chi connectivity index (χ4v) is 2.11. The van der Waals surface area contributed by atoms with Crippen molar-refractivity contribution in [2.75, 3.05) is 0 Å². The third kappa shape index (κ3) is 3.09. The molecule has 0 saturated heterocycles. The molecule has 2 aromatic carbocycles. The largest absolute Gasteiger partial charge is 0.456 e. The van der Waals surface area contributed by atoms with Crippen LogP contribution < -0.4 is 4.74 Å². The van der Waals surface area contributed by atoms with Crippen LogP contribution in [-0.2, 0) is 6.61 Å². The minimum Gasteiger partial charge on any atom is -0.456 e. The third-order valence-corrected chi connectivity index (χ3v) is 3.40. The molecule has 2 nitrogen and oxygen atoms in total. The third-order valence-electron chi connectivity index (χ3n) is 2.26. The van der Waals surface area contributed by atoms with Crippen LogP contribution in [0.1, 0.15) is 5.56 Å². The van der Waals surface area contributed by atoms with Crippen molar-refractivity contribution in [3.63, 3.8) is 0 Å². The van der Waals surface area contributed by atoms with Gasteiger partial charge in [0.25, 0.3) is 0 Å². The van der Waals surface area contributed by atoms with E-state index < -0.39 is 0 Å². The molecule has 2 aromatic rings. The Morgan fingerprint density at radius 2 is 1.76 bits per heavy atom. The Balaban J connectivity index is 2.35. The van der Waals surface area contributed by atoms with E-state index in [1.807, 2.05) is 42.5 Å². The fraction of sp³-hybridized carbons (Fsp3) is 0.0769. The molecule has 0 aliphatic carbocycles. The summed E-state index contributed by atoms with van der Waals surface area (Å²) in [6, 6.07) is 13.1. The highest BCUT2D eigenvalue weighted by atomic mass is 79.9. The normalized spacial score (nSPS) is 10.3. The molecule has 1 N–H and O–H groups in total. The summed E-state index contributed by atoms with van der Waals surface area (Å²) < 4.78 is 7.57. The smallest absolute Gasteiger partial charge is 0.141 e. The Morgan fingerprint density at radius 1 is 1.00 bits per heavy atom. The molecule has 0 aliphatic rings. The average molecular weight is 358 g/mol. The van der Waals surface area contributed by atoms with Crippen LogP contribution >= 0.6 is 31.9 Å². The highest BCUT2D eigenvalue weighted by Crippen LogP contribution is 2.32. The van der Waals surface area contributed by atoms with Gasteiger partial charge in [-0.2, -0.15) is 0 Å². The zero-order valence-corrected chi connectivity index (χ0v) is 12.0. The number of ether oxygens (including phenoxy) is 1. The van der Waals surface area contributed by atoms with Crippen molar-refractivity contribution in [1.82, 2.24) is 0 Å². The van der Waals surface area contributed by atoms with E-state index in [4.69, 9.17) is 4.74 Å². The van der Waals surface area contributed by atoms with Gasteiger partial charge in [0.1, 0.15) is 11.5 Å². The standard InChI is InChI=1S/C13H10Br2O2/c14-10-6-5-9(8-16)13(7-10)17-12-4-2-1-3-11(12)15/h1-7,16H,8H2. The molecule has 0 spiro atoms. The predicted molar refractivity (Wildman–Crippen MR) is 74.3 cm³/mol. The molecule has 0 heterocycles. The second kappa shape index (κ2) is 5.67. The van der Waals surface area contributed by atoms with Crippen molar-refractivity contribution in [1.29, 1.82) is 0 Å². The first-order valence-corrected chi connectivity index (χ1v) is 6.61. The van der Waals surface area contributed by atoms with Crippen LogP contribution in [0, 0.1) is 0 Å². The number of hydrogen-bond acceptors (Lipinski definition) is 2. The van der Waals surface area contributed by atoms with Gasteiger partial charge in [-0.05, 0) is 40.2 Å². The zero-order valence-electron chi connectivity index (χ0n) is 8.86. The van der Waals surface area contributed by atoms with E-state index in [-0.39, 0.29) is 6.61 Å². The number of rotatable bonds is 3. The summed E-state index contributed by atoms with van der Waals surface area (Å²) in [7, 11) is 0. The van der Waals surface area contributed by atoms with Gasteiger partial charge in [0.15, 0.2) is 0 Å². The molecule has 17 heavy (non-hydrogen) atoms. The molecule has 88 valence electrons. The summed E-state index contributed by atoms with van der Waals surface area (Å²) in [5.41, 5.74) is 0.754. The fourth-order valence-electron chi connectivity index (χ4n) is 1.40. The van der Waals surface area contributed by atoms with Gasteiger partial charge in [0.05, 0.1) is 11.1 Å². The molecule has 0 bridgehead atoms. The lowest BCUT2D eigenvalue weighted by atomic mass is 10.2. The van der Waals surface area contributed by atoms with Crippen molar-refractivity contribution < 1.29 is 9.84 Å². The highest BCUT2D eigenvalue weighted by Gasteiger charge is 2.07. The second-order valence-electron chi connectivity index (χ2n) is 3.44. The minimum atomic E-state index is -0.0485. The molecule has 0 atom stereocenters. The summed E-state index contributed by atoms with van der Waals surface area (Å²) >= 11 is 6.80. The molecule has 0 fully saturated rings. The first-order chi connectivity index (χ1) is 8.20. The summed E-state index contributed by atoms with van der Waals surface area (Å²) in [5, 5.41) is 9.25. The maximum atomic E-state index is 9.25. The molecule has 0 saturated carbocycles. The van der Waals surface area contributed by atoms with Crippen molar-refractivity contribution in [3.8, 4) is 11.5 Å². The molecule has 0 amide bonds. The van der Waals surface area contributed by atoms with E-state index in [0.29, 0.717) is 5.75 Å². The number of aliphatic hydroxyl groups excluding tert-OH is 1. The Bertz CT molecular complexity index is 527. The van der Waals surface area contributed by atoms with E-state index in [1.54, 1.807) is 0 Å². The molecule has 0 unspecified atom stereocenters. The number of benzene rings is 2. The van der Waals surface area contributed by atoms with Gasteiger partial charge in [-0.1, -0.05) is 34.1 Å². The summed E-state index contributed by atoms with van der Waals surface area (Å²) in [6.45, 7) is -0.0485. The van der Waals surface area contributed by atoms with E-state index in [9.17, 15) is 5.11 Å². The number of halogens is 2. The lowest BCUT2D eigenvalue weighted by Gasteiger charge is -2.11. The number of hydrogen-bond donors (Lipinski definition) is 1. The zero-order chi connectivity index (χ0) is 12.3. The van der Waals surface area contributed by atoms with Crippen LogP contribution in [0.15, 0.2) is 51.4 Å². The van der Waals surface area contributed by atoms with Crippen LogP contribution in [0.3, 0.4) is 0 Å². The lowest BCUT2D eigenvalue weighted by molar-refractivity contribution is 0.276. The van der Waals surface area contributed by atoms with Gasteiger partial charge in [-0.15, -0.1) is 0 Å².